The minimum atomic E-state index is -5.34. The number of fused-ring (bicyclic) bond motifs is 2. The molecule has 0 radical (unpaired) electrons. The number of pyridine rings is 1. The fraction of sp³-hybridized carbons (Fsp3) is 0.355. The fourth-order valence-electron chi connectivity index (χ4n) is 5.38. The van der Waals surface area contributed by atoms with Crippen LogP contribution in [0.4, 0.5) is 13.2 Å². The molecule has 4 aromatic rings. The lowest BCUT2D eigenvalue weighted by Crippen LogP contribution is -2.51. The second-order valence-electron chi connectivity index (χ2n) is 11.6. The van der Waals surface area contributed by atoms with Gasteiger partial charge in [0.05, 0.1) is 37.5 Å². The number of aliphatic hydroxyl groups is 1. The van der Waals surface area contributed by atoms with Gasteiger partial charge in [-0.2, -0.15) is 18.3 Å². The molecule has 1 aliphatic carbocycles. The van der Waals surface area contributed by atoms with Crippen molar-refractivity contribution in [1.82, 2.24) is 20.1 Å². The predicted molar refractivity (Wildman–Crippen MR) is 160 cm³/mol. The Morgan fingerprint density at radius 1 is 1.17 bits per heavy atom. The van der Waals surface area contributed by atoms with Crippen LogP contribution in [0, 0.1) is 0 Å². The molecule has 2 amide bonds. The van der Waals surface area contributed by atoms with Crippen LogP contribution in [0.3, 0.4) is 0 Å². The highest BCUT2D eigenvalue weighted by Crippen LogP contribution is 2.48. The zero-order valence-corrected chi connectivity index (χ0v) is 25.6. The van der Waals surface area contributed by atoms with Gasteiger partial charge >= 0.3 is 6.18 Å². The van der Waals surface area contributed by atoms with E-state index in [1.165, 1.54) is 51.5 Å². The van der Waals surface area contributed by atoms with Gasteiger partial charge in [0, 0.05) is 28.3 Å². The number of nitrogens with two attached hydrogens (primary N) is 1. The number of ether oxygens (including phenoxy) is 3. The average Bonchev–Trinajstić information content (AvgIpc) is 3.69. The van der Waals surface area contributed by atoms with E-state index in [-0.39, 0.29) is 57.3 Å². The van der Waals surface area contributed by atoms with Gasteiger partial charge in [0.2, 0.25) is 11.5 Å². The van der Waals surface area contributed by atoms with Gasteiger partial charge in [-0.25, -0.2) is 4.98 Å². The van der Waals surface area contributed by atoms with Crippen molar-refractivity contribution in [3.63, 3.8) is 0 Å². The first-order chi connectivity index (χ1) is 21.7. The van der Waals surface area contributed by atoms with E-state index in [0.29, 0.717) is 10.9 Å². The molecule has 6 rings (SSSR count). The van der Waals surface area contributed by atoms with Crippen LogP contribution in [0.1, 0.15) is 47.4 Å². The highest BCUT2D eigenvalue weighted by Gasteiger charge is 2.57. The Balaban J connectivity index is 1.41. The summed E-state index contributed by atoms with van der Waals surface area (Å²) >= 11 is 6.16. The van der Waals surface area contributed by atoms with Gasteiger partial charge in [-0.15, -0.1) is 0 Å². The van der Waals surface area contributed by atoms with Crippen molar-refractivity contribution in [2.24, 2.45) is 5.73 Å². The number of aromatic nitrogens is 3. The third kappa shape index (κ3) is 5.14. The molecule has 1 fully saturated rings. The lowest BCUT2D eigenvalue weighted by Gasteiger charge is -2.31. The molecule has 4 N–H and O–H groups in total. The number of nitrogens with zero attached hydrogens (tertiary/aromatic N) is 3. The molecule has 3 heterocycles. The topological polar surface area (TPSA) is 151 Å². The Morgan fingerprint density at radius 3 is 2.52 bits per heavy atom. The lowest BCUT2D eigenvalue weighted by molar-refractivity contribution is -0.265. The van der Waals surface area contributed by atoms with Gasteiger partial charge in [0.15, 0.2) is 0 Å². The molecule has 11 nitrogen and oxygen atoms in total. The number of benzene rings is 2. The average molecular weight is 660 g/mol. The Hall–Kier alpha value is -4.56. The summed E-state index contributed by atoms with van der Waals surface area (Å²) in [4.78, 5) is 30.0. The summed E-state index contributed by atoms with van der Waals surface area (Å²) < 4.78 is 62.7. The molecule has 15 heteroatoms. The first-order valence-corrected chi connectivity index (χ1v) is 14.5. The third-order valence-electron chi connectivity index (χ3n) is 8.43. The number of amides is 2. The smallest absolute Gasteiger partial charge is 0.424 e. The SMILES string of the molecule is COc1cc(-c2nc(C(O)(CNC(=O)c3cc(OC)c4nn(C5CC5)cc4c3)C(F)(F)F)cc3c2OC[C@]3(C)C(N)=O)ccc1Cl. The minimum Gasteiger partial charge on any atom is -0.495 e. The summed E-state index contributed by atoms with van der Waals surface area (Å²) in [6.07, 6.45) is -1.66. The molecule has 242 valence electrons. The molecule has 0 spiro atoms. The van der Waals surface area contributed by atoms with Crippen LogP contribution in [0.25, 0.3) is 22.2 Å². The zero-order valence-electron chi connectivity index (χ0n) is 24.9. The van der Waals surface area contributed by atoms with E-state index in [9.17, 15) is 27.9 Å². The summed E-state index contributed by atoms with van der Waals surface area (Å²) in [6, 6.07) is 8.39. The maximum atomic E-state index is 14.8. The number of primary amides is 1. The molecule has 2 aliphatic rings. The standard InChI is InChI=1S/C31H29ClF3N5O6/c1-29(28(36)42)14-46-26-19(29)11-23(38-25(26)15-4-7-20(32)21(9-15)44-2)30(43,31(33,34)35)13-37-27(41)16-8-17-12-40(18-5-6-18)39-24(17)22(10-16)45-3/h4,7-12,18,43H,5-6,13-14H2,1-3H3,(H2,36,42)(H,37,41)/t29-,30?/m0/s1. The van der Waals surface area contributed by atoms with Crippen LogP contribution in [-0.2, 0) is 15.8 Å². The van der Waals surface area contributed by atoms with Crippen molar-refractivity contribution >= 4 is 34.3 Å². The number of rotatable bonds is 9. The Labute approximate surface area is 265 Å². The largest absolute Gasteiger partial charge is 0.495 e. The number of nitrogens with one attached hydrogen (secondary N) is 1. The van der Waals surface area contributed by atoms with E-state index < -0.39 is 41.2 Å². The highest BCUT2D eigenvalue weighted by molar-refractivity contribution is 6.32. The van der Waals surface area contributed by atoms with Crippen LogP contribution in [0.15, 0.2) is 42.6 Å². The minimum absolute atomic E-state index is 0.00483. The molecule has 1 aliphatic heterocycles. The van der Waals surface area contributed by atoms with E-state index in [2.05, 4.69) is 15.4 Å². The zero-order chi connectivity index (χ0) is 33.2. The molecule has 0 bridgehead atoms. The molecule has 1 unspecified atom stereocenters. The van der Waals surface area contributed by atoms with Crippen molar-refractivity contribution in [3.05, 3.63) is 64.4 Å². The Kier molecular flexibility index (Phi) is 7.55. The number of hydrogen-bond donors (Lipinski definition) is 3. The molecule has 0 saturated heterocycles. The van der Waals surface area contributed by atoms with Gasteiger partial charge in [-0.05, 0) is 50.1 Å². The predicted octanol–water partition coefficient (Wildman–Crippen LogP) is 4.42. The second-order valence-corrected chi connectivity index (χ2v) is 12.0. The molecule has 2 aromatic heterocycles. The number of alkyl halides is 3. The summed E-state index contributed by atoms with van der Waals surface area (Å²) in [6.45, 7) is -0.176. The number of carbonyl (C=O) groups is 2. The normalized spacial score (nSPS) is 18.9. The van der Waals surface area contributed by atoms with E-state index >= 15 is 0 Å². The molecular weight excluding hydrogens is 631 g/mol. The van der Waals surface area contributed by atoms with Crippen molar-refractivity contribution < 1.29 is 42.1 Å². The third-order valence-corrected chi connectivity index (χ3v) is 8.75. The first-order valence-electron chi connectivity index (χ1n) is 14.2. The highest BCUT2D eigenvalue weighted by atomic mass is 35.5. The maximum Gasteiger partial charge on any atom is 0.424 e. The first kappa shape index (κ1) is 31.4. The van der Waals surface area contributed by atoms with E-state index in [0.717, 1.165) is 18.9 Å². The van der Waals surface area contributed by atoms with Gasteiger partial charge < -0.3 is 30.4 Å². The number of hydrogen-bond acceptors (Lipinski definition) is 8. The van der Waals surface area contributed by atoms with E-state index in [1.54, 1.807) is 10.9 Å². The summed E-state index contributed by atoms with van der Waals surface area (Å²) in [5.74, 6) is -1.29. The maximum absolute atomic E-state index is 14.8. The number of halogens is 4. The Morgan fingerprint density at radius 2 is 1.89 bits per heavy atom. The van der Waals surface area contributed by atoms with Crippen molar-refractivity contribution in [1.29, 1.82) is 0 Å². The van der Waals surface area contributed by atoms with Crippen LogP contribution in [-0.4, -0.2) is 65.2 Å². The van der Waals surface area contributed by atoms with E-state index in [1.807, 2.05) is 0 Å². The number of methoxy groups -OCH3 is 2. The molecule has 2 aromatic carbocycles. The van der Waals surface area contributed by atoms with Gasteiger partial charge in [0.25, 0.3) is 5.91 Å². The molecular formula is C31H29ClF3N5O6. The molecule has 2 atom stereocenters. The fourth-order valence-corrected chi connectivity index (χ4v) is 5.58. The summed E-state index contributed by atoms with van der Waals surface area (Å²) in [5.41, 5.74) is 0.107. The molecule has 46 heavy (non-hydrogen) atoms. The quantitative estimate of drug-likeness (QED) is 0.239. The van der Waals surface area contributed by atoms with Crippen LogP contribution in [0.5, 0.6) is 17.2 Å². The summed E-state index contributed by atoms with van der Waals surface area (Å²) in [5, 5.41) is 18.9. The van der Waals surface area contributed by atoms with Gasteiger partial charge in [0.1, 0.15) is 40.5 Å². The van der Waals surface area contributed by atoms with Crippen molar-refractivity contribution in [2.45, 2.75) is 43.0 Å². The Bertz CT molecular complexity index is 1890. The van der Waals surface area contributed by atoms with Crippen LogP contribution < -0.4 is 25.3 Å². The van der Waals surface area contributed by atoms with Gasteiger partial charge in [-0.3, -0.25) is 14.3 Å². The summed E-state index contributed by atoms with van der Waals surface area (Å²) in [7, 11) is 2.75. The monoisotopic (exact) mass is 659 g/mol. The van der Waals surface area contributed by atoms with Crippen LogP contribution in [0.2, 0.25) is 5.02 Å². The number of carbonyl (C=O) groups excluding carboxylic acids is 2. The van der Waals surface area contributed by atoms with Crippen molar-refractivity contribution in [3.8, 4) is 28.5 Å². The van der Waals surface area contributed by atoms with Crippen LogP contribution >= 0.6 is 11.6 Å². The van der Waals surface area contributed by atoms with Gasteiger partial charge in [-0.1, -0.05) is 17.7 Å². The lowest BCUT2D eigenvalue weighted by atomic mass is 9.81. The second kappa shape index (κ2) is 11.1. The molecule has 1 saturated carbocycles. The van der Waals surface area contributed by atoms with E-state index in [4.69, 9.17) is 31.5 Å². The van der Waals surface area contributed by atoms with Crippen molar-refractivity contribution in [2.75, 3.05) is 27.4 Å².